The second kappa shape index (κ2) is 10.9. The lowest BCUT2D eigenvalue weighted by Gasteiger charge is -2.44. The summed E-state index contributed by atoms with van der Waals surface area (Å²) in [7, 11) is 1.34. The van der Waals surface area contributed by atoms with E-state index < -0.39 is 54.4 Å². The molecule has 2 rings (SSSR count). The molecular weight excluding hydrogens is 412 g/mol. The molecule has 0 amide bonds. The van der Waals surface area contributed by atoms with Crippen LogP contribution >= 0.6 is 0 Å². The highest BCUT2D eigenvalue weighted by Gasteiger charge is 2.49. The number of methoxy groups -OCH3 is 1. The van der Waals surface area contributed by atoms with Gasteiger partial charge in [0.1, 0.15) is 18.8 Å². The maximum absolute atomic E-state index is 12.5. The van der Waals surface area contributed by atoms with Crippen molar-refractivity contribution in [3.63, 3.8) is 0 Å². The summed E-state index contributed by atoms with van der Waals surface area (Å²) in [6.07, 6.45) is -3.27. The normalized spacial score (nSPS) is 25.4. The lowest BCUT2D eigenvalue weighted by atomic mass is 9.86. The Balaban J connectivity index is 2.23. The van der Waals surface area contributed by atoms with Crippen molar-refractivity contribution in [2.75, 3.05) is 13.7 Å². The van der Waals surface area contributed by atoms with E-state index in [4.69, 9.17) is 23.7 Å². The first-order valence-electron chi connectivity index (χ1n) is 9.71. The zero-order valence-electron chi connectivity index (χ0n) is 17.7. The van der Waals surface area contributed by atoms with E-state index in [0.29, 0.717) is 6.42 Å². The minimum absolute atomic E-state index is 0.100. The van der Waals surface area contributed by atoms with E-state index in [1.807, 2.05) is 6.92 Å². The zero-order valence-corrected chi connectivity index (χ0v) is 17.7. The molecule has 0 unspecified atom stereocenters. The first kappa shape index (κ1) is 24.3. The third-order valence-electron chi connectivity index (χ3n) is 4.86. The molecule has 170 valence electrons. The first-order valence-corrected chi connectivity index (χ1v) is 9.71. The summed E-state index contributed by atoms with van der Waals surface area (Å²) in [5.74, 6) is -3.76. The average molecular weight is 438 g/mol. The Labute approximate surface area is 179 Å². The Hall–Kier alpha value is -2.98. The van der Waals surface area contributed by atoms with Crippen LogP contribution in [0.3, 0.4) is 0 Å². The Bertz CT molecular complexity index is 820. The van der Waals surface area contributed by atoms with Gasteiger partial charge in [-0.1, -0.05) is 19.1 Å². The van der Waals surface area contributed by atoms with Crippen LogP contribution in [0.25, 0.3) is 0 Å². The maximum Gasteiger partial charge on any atom is 0.339 e. The Morgan fingerprint density at radius 3 is 2.10 bits per heavy atom. The summed E-state index contributed by atoms with van der Waals surface area (Å²) < 4.78 is 27.1. The molecule has 5 atom stereocenters. The fraction of sp³-hybridized carbons (Fsp3) is 0.524. The van der Waals surface area contributed by atoms with Gasteiger partial charge in [-0.3, -0.25) is 9.59 Å². The Morgan fingerprint density at radius 2 is 1.58 bits per heavy atom. The Kier molecular flexibility index (Phi) is 8.52. The summed E-state index contributed by atoms with van der Waals surface area (Å²) in [5, 5.41) is 9.26. The summed E-state index contributed by atoms with van der Waals surface area (Å²) in [6, 6.07) is 5.67. The number of carbonyl (C=O) groups is 4. The van der Waals surface area contributed by atoms with Crippen LogP contribution in [0.15, 0.2) is 24.3 Å². The highest BCUT2D eigenvalue weighted by molar-refractivity contribution is 6.02. The zero-order chi connectivity index (χ0) is 23.1. The molecule has 1 aromatic carbocycles. The molecule has 0 saturated carbocycles. The van der Waals surface area contributed by atoms with Gasteiger partial charge in [0, 0.05) is 26.9 Å². The smallest absolute Gasteiger partial charge is 0.339 e. The molecule has 1 saturated heterocycles. The monoisotopic (exact) mass is 438 g/mol. The summed E-state index contributed by atoms with van der Waals surface area (Å²) in [6.45, 7) is 4.01. The van der Waals surface area contributed by atoms with Crippen molar-refractivity contribution in [2.24, 2.45) is 5.92 Å². The van der Waals surface area contributed by atoms with Crippen LogP contribution in [-0.4, -0.2) is 67.3 Å². The van der Waals surface area contributed by atoms with Gasteiger partial charge < -0.3 is 28.8 Å². The quantitative estimate of drug-likeness (QED) is 0.473. The van der Waals surface area contributed by atoms with Gasteiger partial charge in [-0.15, -0.1) is 0 Å². The van der Waals surface area contributed by atoms with E-state index in [0.717, 1.165) is 0 Å². The number of benzene rings is 1. The highest BCUT2D eigenvalue weighted by Crippen LogP contribution is 2.33. The number of ether oxygens (including phenoxy) is 5. The predicted octanol–water partition coefficient (Wildman–Crippen LogP) is 1.80. The van der Waals surface area contributed by atoms with Crippen LogP contribution < -0.4 is 0 Å². The van der Waals surface area contributed by atoms with Gasteiger partial charge in [-0.05, 0) is 18.6 Å². The molecule has 0 aromatic heterocycles. The van der Waals surface area contributed by atoms with E-state index in [2.05, 4.69) is 0 Å². The van der Waals surface area contributed by atoms with Crippen molar-refractivity contribution in [1.82, 2.24) is 0 Å². The predicted molar refractivity (Wildman–Crippen MR) is 104 cm³/mol. The highest BCUT2D eigenvalue weighted by atomic mass is 16.7. The molecule has 10 nitrogen and oxygen atoms in total. The minimum Gasteiger partial charge on any atom is -0.478 e. The van der Waals surface area contributed by atoms with Crippen molar-refractivity contribution >= 4 is 23.9 Å². The number of esters is 3. The van der Waals surface area contributed by atoms with Crippen LogP contribution in [-0.2, 0) is 33.3 Å². The van der Waals surface area contributed by atoms with E-state index in [9.17, 15) is 24.3 Å². The molecule has 0 spiro atoms. The molecule has 1 aliphatic heterocycles. The SMILES string of the molecule is CC[C@H]1[C@H](OC(C)=O)[C@H](OC(C)=O)[C@@H](OC)O[C@H]1COC(=O)c1ccccc1C(=O)O. The molecule has 1 N–H and O–H groups in total. The van der Waals surface area contributed by atoms with Crippen molar-refractivity contribution in [3.8, 4) is 0 Å². The molecule has 0 radical (unpaired) electrons. The number of carboxylic acids is 1. The fourth-order valence-electron chi connectivity index (χ4n) is 3.55. The third-order valence-corrected chi connectivity index (χ3v) is 4.86. The maximum atomic E-state index is 12.5. The number of carboxylic acid groups (broad SMARTS) is 1. The second-order valence-corrected chi connectivity index (χ2v) is 6.95. The van der Waals surface area contributed by atoms with Crippen LogP contribution in [0, 0.1) is 5.92 Å². The molecule has 1 heterocycles. The fourth-order valence-corrected chi connectivity index (χ4v) is 3.55. The topological polar surface area (TPSA) is 135 Å². The largest absolute Gasteiger partial charge is 0.478 e. The van der Waals surface area contributed by atoms with E-state index in [1.165, 1.54) is 45.2 Å². The van der Waals surface area contributed by atoms with Crippen LogP contribution in [0.1, 0.15) is 47.9 Å². The van der Waals surface area contributed by atoms with Crippen LogP contribution in [0.4, 0.5) is 0 Å². The molecule has 0 bridgehead atoms. The molecular formula is C21H26O10. The second-order valence-electron chi connectivity index (χ2n) is 6.95. The summed E-state index contributed by atoms with van der Waals surface area (Å²) in [5.41, 5.74) is -0.289. The van der Waals surface area contributed by atoms with Gasteiger partial charge in [0.25, 0.3) is 0 Å². The van der Waals surface area contributed by atoms with Crippen molar-refractivity contribution in [2.45, 2.75) is 51.8 Å². The number of hydrogen-bond acceptors (Lipinski definition) is 9. The standard InChI is InChI=1S/C21H26O10/c1-5-13-16(10-28-20(26)15-9-7-6-8-14(15)19(24)25)31-21(27-4)18(30-12(3)23)17(13)29-11(2)22/h6-9,13,16-18,21H,5,10H2,1-4H3,(H,24,25)/t13-,16+,17+,18+,21+/m1/s1. The van der Waals surface area contributed by atoms with Gasteiger partial charge in [0.15, 0.2) is 12.4 Å². The van der Waals surface area contributed by atoms with Crippen LogP contribution in [0.5, 0.6) is 0 Å². The number of carbonyl (C=O) groups excluding carboxylic acids is 3. The van der Waals surface area contributed by atoms with Gasteiger partial charge >= 0.3 is 23.9 Å². The van der Waals surface area contributed by atoms with Crippen LogP contribution in [0.2, 0.25) is 0 Å². The first-order chi connectivity index (χ1) is 14.7. The third kappa shape index (κ3) is 6.02. The molecule has 0 aliphatic carbocycles. The number of hydrogen-bond donors (Lipinski definition) is 1. The van der Waals surface area contributed by atoms with Gasteiger partial charge in [0.2, 0.25) is 0 Å². The molecule has 1 fully saturated rings. The summed E-state index contributed by atoms with van der Waals surface area (Å²) in [4.78, 5) is 47.1. The van der Waals surface area contributed by atoms with E-state index in [1.54, 1.807) is 0 Å². The Morgan fingerprint density at radius 1 is 1.00 bits per heavy atom. The summed E-state index contributed by atoms with van der Waals surface area (Å²) >= 11 is 0. The molecule has 1 aliphatic rings. The molecule has 31 heavy (non-hydrogen) atoms. The average Bonchev–Trinajstić information content (AvgIpc) is 2.72. The number of rotatable bonds is 8. The van der Waals surface area contributed by atoms with E-state index in [-0.39, 0.29) is 17.7 Å². The lowest BCUT2D eigenvalue weighted by Crippen LogP contribution is -2.58. The van der Waals surface area contributed by atoms with E-state index >= 15 is 0 Å². The molecule has 10 heteroatoms. The lowest BCUT2D eigenvalue weighted by molar-refractivity contribution is -0.289. The number of aromatic carboxylic acids is 1. The van der Waals surface area contributed by atoms with Gasteiger partial charge in [-0.2, -0.15) is 0 Å². The minimum atomic E-state index is -1.26. The van der Waals surface area contributed by atoms with Crippen molar-refractivity contribution in [3.05, 3.63) is 35.4 Å². The van der Waals surface area contributed by atoms with Crippen molar-refractivity contribution < 1.29 is 48.0 Å². The van der Waals surface area contributed by atoms with Crippen molar-refractivity contribution in [1.29, 1.82) is 0 Å². The van der Waals surface area contributed by atoms with Gasteiger partial charge in [-0.25, -0.2) is 9.59 Å². The van der Waals surface area contributed by atoms with Gasteiger partial charge in [0.05, 0.1) is 11.1 Å². The molecule has 1 aromatic rings.